The van der Waals surface area contributed by atoms with Gasteiger partial charge in [-0.15, -0.1) is 0 Å². The van der Waals surface area contributed by atoms with E-state index in [1.54, 1.807) is 21.5 Å². The molecule has 10 aromatic rings. The lowest BCUT2D eigenvalue weighted by Gasteiger charge is -2.24. The van der Waals surface area contributed by atoms with Gasteiger partial charge in [-0.25, -0.2) is 0 Å². The van der Waals surface area contributed by atoms with Crippen LogP contribution in [0.15, 0.2) is 194 Å². The van der Waals surface area contributed by atoms with Crippen molar-refractivity contribution in [2.24, 2.45) is 0 Å². The average Bonchev–Trinajstić information content (AvgIpc) is 3.90. The molecule has 13 rings (SSSR count). The van der Waals surface area contributed by atoms with Gasteiger partial charge in [0.1, 0.15) is 8.07 Å². The molecular formula is C59H42Si. The first-order chi connectivity index (χ1) is 29.5. The highest BCUT2D eigenvalue weighted by molar-refractivity contribution is 7.05. The lowest BCUT2D eigenvalue weighted by molar-refractivity contribution is 0.660. The molecule has 3 aliphatic rings. The van der Waals surface area contributed by atoms with Crippen LogP contribution in [-0.4, -0.2) is 8.07 Å². The zero-order valence-electron chi connectivity index (χ0n) is 33.9. The minimum Gasteiger partial charge on any atom is -0.0623 e. The van der Waals surface area contributed by atoms with Crippen molar-refractivity contribution in [3.05, 3.63) is 216 Å². The first kappa shape index (κ1) is 34.1. The third kappa shape index (κ3) is 4.67. The van der Waals surface area contributed by atoms with Crippen molar-refractivity contribution in [1.29, 1.82) is 0 Å². The van der Waals surface area contributed by atoms with E-state index in [1.807, 2.05) is 0 Å². The van der Waals surface area contributed by atoms with E-state index < -0.39 is 8.07 Å². The van der Waals surface area contributed by atoms with Crippen LogP contribution >= 0.6 is 0 Å². The number of hydrogen-bond acceptors (Lipinski definition) is 0. The van der Waals surface area contributed by atoms with E-state index >= 15 is 0 Å². The summed E-state index contributed by atoms with van der Waals surface area (Å²) >= 11 is 0. The summed E-state index contributed by atoms with van der Waals surface area (Å²) in [6.45, 7) is 4.75. The third-order valence-electron chi connectivity index (χ3n) is 14.6. The van der Waals surface area contributed by atoms with Crippen molar-refractivity contribution in [3.8, 4) is 55.6 Å². The summed E-state index contributed by atoms with van der Waals surface area (Å²) in [6.07, 6.45) is 0. The van der Waals surface area contributed by atoms with E-state index in [4.69, 9.17) is 0 Å². The molecule has 2 aliphatic heterocycles. The average molecular weight is 779 g/mol. The van der Waals surface area contributed by atoms with Crippen LogP contribution in [0.4, 0.5) is 0 Å². The van der Waals surface area contributed by atoms with Crippen molar-refractivity contribution < 1.29 is 0 Å². The molecule has 0 nitrogen and oxygen atoms in total. The Morgan fingerprint density at radius 1 is 0.350 bits per heavy atom. The fraction of sp³-hybridized carbons (Fsp3) is 0.0847. The minimum absolute atomic E-state index is 0.0450. The molecule has 0 atom stereocenters. The van der Waals surface area contributed by atoms with Gasteiger partial charge in [-0.2, -0.15) is 0 Å². The van der Waals surface area contributed by atoms with Crippen LogP contribution in [-0.2, 0) is 17.5 Å². The molecule has 0 bridgehead atoms. The van der Waals surface area contributed by atoms with Crippen molar-refractivity contribution in [2.75, 3.05) is 0 Å². The monoisotopic (exact) mass is 778 g/mol. The Kier molecular flexibility index (Phi) is 7.03. The van der Waals surface area contributed by atoms with Crippen LogP contribution in [0, 0.1) is 0 Å². The van der Waals surface area contributed by atoms with Gasteiger partial charge in [0.05, 0.1) is 0 Å². The summed E-state index contributed by atoms with van der Waals surface area (Å²) in [5.74, 6) is 0. The van der Waals surface area contributed by atoms with Gasteiger partial charge in [0.25, 0.3) is 0 Å². The summed E-state index contributed by atoms with van der Waals surface area (Å²) < 4.78 is 0. The van der Waals surface area contributed by atoms with E-state index in [1.165, 1.54) is 111 Å². The molecule has 0 unspecified atom stereocenters. The Bertz CT molecular complexity index is 3450. The maximum Gasteiger partial charge on any atom is 0.128 e. The van der Waals surface area contributed by atoms with E-state index in [9.17, 15) is 0 Å². The minimum atomic E-state index is -2.01. The van der Waals surface area contributed by atoms with Gasteiger partial charge < -0.3 is 0 Å². The van der Waals surface area contributed by atoms with Crippen molar-refractivity contribution in [3.63, 3.8) is 0 Å². The van der Waals surface area contributed by atoms with Crippen LogP contribution in [0.5, 0.6) is 0 Å². The Balaban J connectivity index is 1.08. The van der Waals surface area contributed by atoms with Crippen LogP contribution in [0.2, 0.25) is 0 Å². The lowest BCUT2D eigenvalue weighted by Crippen LogP contribution is -2.57. The fourth-order valence-electron chi connectivity index (χ4n) is 11.8. The molecule has 282 valence electrons. The quantitative estimate of drug-likeness (QED) is 0.124. The second kappa shape index (κ2) is 12.4. The van der Waals surface area contributed by atoms with Crippen LogP contribution in [0.25, 0.3) is 88.0 Å². The predicted octanol–water partition coefficient (Wildman–Crippen LogP) is 13.9. The normalized spacial score (nSPS) is 15.0. The number of benzene rings is 10. The van der Waals surface area contributed by atoms with Gasteiger partial charge >= 0.3 is 0 Å². The molecule has 0 radical (unpaired) electrons. The van der Waals surface area contributed by atoms with Crippen molar-refractivity contribution >= 4 is 50.8 Å². The highest BCUT2D eigenvalue weighted by Gasteiger charge is 2.49. The molecule has 0 amide bonds. The summed E-state index contributed by atoms with van der Waals surface area (Å²) in [5.41, 5.74) is 19.1. The Morgan fingerprint density at radius 2 is 0.883 bits per heavy atom. The van der Waals surface area contributed by atoms with Gasteiger partial charge in [-0.05, 0) is 157 Å². The summed E-state index contributed by atoms with van der Waals surface area (Å²) in [7, 11) is -2.01. The number of rotatable bonds is 3. The van der Waals surface area contributed by atoms with Crippen molar-refractivity contribution in [1.82, 2.24) is 0 Å². The maximum absolute atomic E-state index is 2.56. The molecule has 1 spiro atoms. The van der Waals surface area contributed by atoms with E-state index in [-0.39, 0.29) is 5.41 Å². The zero-order chi connectivity index (χ0) is 39.7. The first-order valence-corrected chi connectivity index (χ1v) is 23.9. The molecule has 2 heterocycles. The third-order valence-corrected chi connectivity index (χ3v) is 19.5. The summed E-state index contributed by atoms with van der Waals surface area (Å²) in [5, 5.41) is 10.9. The Hall–Kier alpha value is -6.80. The Morgan fingerprint density at radius 3 is 1.68 bits per heavy atom. The fourth-order valence-corrected chi connectivity index (χ4v) is 17.3. The van der Waals surface area contributed by atoms with Gasteiger partial charge in [0, 0.05) is 5.41 Å². The lowest BCUT2D eigenvalue weighted by atomic mass is 9.81. The Labute approximate surface area is 352 Å². The van der Waals surface area contributed by atoms with Crippen LogP contribution < -0.4 is 10.4 Å². The SMILES string of the molecule is CC1(C)c2ccccc2-c2cc(-c3c4ccccc4c(-c4ccc5c(c4)-c4ccccc4[Si]54Cc5ccccc5C4)c4ccc(-c5ccc6ccccc6c5)cc34)ccc21. The molecule has 0 N–H and O–H groups in total. The van der Waals surface area contributed by atoms with E-state index in [0.717, 1.165) is 0 Å². The molecular weight excluding hydrogens is 737 g/mol. The highest BCUT2D eigenvalue weighted by Crippen LogP contribution is 2.52. The largest absolute Gasteiger partial charge is 0.128 e. The van der Waals surface area contributed by atoms with Gasteiger partial charge in [0.2, 0.25) is 0 Å². The van der Waals surface area contributed by atoms with Crippen LogP contribution in [0.1, 0.15) is 36.1 Å². The smallest absolute Gasteiger partial charge is 0.0623 e. The molecule has 60 heavy (non-hydrogen) atoms. The van der Waals surface area contributed by atoms with Gasteiger partial charge in [-0.3, -0.25) is 0 Å². The summed E-state index contributed by atoms with van der Waals surface area (Å²) in [6, 6.07) is 76.9. The van der Waals surface area contributed by atoms with E-state index in [2.05, 4.69) is 208 Å². The zero-order valence-corrected chi connectivity index (χ0v) is 34.9. The van der Waals surface area contributed by atoms with Gasteiger partial charge in [-0.1, -0.05) is 184 Å². The topological polar surface area (TPSA) is 0 Å². The molecule has 10 aromatic carbocycles. The van der Waals surface area contributed by atoms with Crippen molar-refractivity contribution in [2.45, 2.75) is 31.4 Å². The standard InChI is InChI=1S/C59H42Si/c1-59(2)53-21-11-9-17-45(53)50-33-41(26-29-54(50)59)58-48-20-8-7-19-47(48)57(49-28-25-40(32-52(49)58)39-24-23-37-13-3-4-14-38(37)31-39)42-27-30-56-51(34-42)46-18-10-12-22-55(46)60(56)35-43-15-5-6-16-44(43)36-60/h3-34H,35-36H2,1-2H3. The molecule has 0 aromatic heterocycles. The summed E-state index contributed by atoms with van der Waals surface area (Å²) in [4.78, 5) is 0. The van der Waals surface area contributed by atoms with Crippen LogP contribution in [0.3, 0.4) is 0 Å². The second-order valence-electron chi connectivity index (χ2n) is 18.1. The second-order valence-corrected chi connectivity index (χ2v) is 22.0. The maximum atomic E-state index is 2.56. The molecule has 0 saturated heterocycles. The predicted molar refractivity (Wildman–Crippen MR) is 257 cm³/mol. The molecule has 1 aliphatic carbocycles. The molecule has 0 fully saturated rings. The molecule has 1 heteroatoms. The molecule has 0 saturated carbocycles. The van der Waals surface area contributed by atoms with E-state index in [0.29, 0.717) is 0 Å². The van der Waals surface area contributed by atoms with Gasteiger partial charge in [0.15, 0.2) is 0 Å². The first-order valence-electron chi connectivity index (χ1n) is 21.5. The number of hydrogen-bond donors (Lipinski definition) is 0. The highest BCUT2D eigenvalue weighted by atomic mass is 28.3. The number of fused-ring (bicyclic) bond motifs is 12.